The fourth-order valence-electron chi connectivity index (χ4n) is 2.53. The maximum absolute atomic E-state index is 6.40. The molecule has 0 atom stereocenters. The van der Waals surface area contributed by atoms with E-state index in [1.54, 1.807) is 0 Å². The lowest BCUT2D eigenvalue weighted by atomic mass is 10.5. The molecule has 0 radical (unpaired) electrons. The van der Waals surface area contributed by atoms with Crippen molar-refractivity contribution in [3.05, 3.63) is 0 Å². The Balaban J connectivity index is 5.35. The van der Waals surface area contributed by atoms with Crippen LogP contribution in [0.1, 0.15) is 40.0 Å². The molecule has 158 valence electrons. The highest BCUT2D eigenvalue weighted by atomic mass is 28.4. The number of hydrogen-bond acceptors (Lipinski definition) is 6. The van der Waals surface area contributed by atoms with Crippen LogP contribution in [0.5, 0.6) is 0 Å². The average Bonchev–Trinajstić information content (AvgIpc) is 2.46. The molecule has 0 aliphatic heterocycles. The largest absolute Gasteiger partial charge is 0.394 e. The Morgan fingerprint density at radius 1 is 0.577 bits per heavy atom. The lowest BCUT2D eigenvalue weighted by Crippen LogP contribution is -2.60. The Morgan fingerprint density at radius 2 is 0.808 bits per heavy atom. The van der Waals surface area contributed by atoms with Gasteiger partial charge in [-0.25, -0.2) is 0 Å². The summed E-state index contributed by atoms with van der Waals surface area (Å²) in [5.41, 5.74) is -1.10. The van der Waals surface area contributed by atoms with E-state index in [0.717, 1.165) is 19.3 Å². The van der Waals surface area contributed by atoms with Gasteiger partial charge in [0.25, 0.3) is 0 Å². The van der Waals surface area contributed by atoms with Gasteiger partial charge in [0.1, 0.15) is 10.2 Å². The maximum atomic E-state index is 6.40. The second-order valence-electron chi connectivity index (χ2n) is 7.91. The molecule has 0 aromatic carbocycles. The van der Waals surface area contributed by atoms with Crippen molar-refractivity contribution in [3.63, 3.8) is 0 Å². The monoisotopic (exact) mass is 442 g/mol. The summed E-state index contributed by atoms with van der Waals surface area (Å²) in [4.78, 5) is 0. The fourth-order valence-corrected chi connectivity index (χ4v) is 12.4. The Hall–Kier alpha value is 0.628. The predicted octanol–water partition coefficient (Wildman–Crippen LogP) is 3.40. The summed E-state index contributed by atoms with van der Waals surface area (Å²) in [6.07, 6.45) is 2.86. The molecule has 0 unspecified atom stereocenters. The Kier molecular flexibility index (Phi) is 11.9. The van der Waals surface area contributed by atoms with Crippen LogP contribution in [0.25, 0.3) is 0 Å². The molecule has 0 N–H and O–H groups in total. The molecule has 0 aromatic heterocycles. The first kappa shape index (κ1) is 26.6. The summed E-state index contributed by atoms with van der Waals surface area (Å²) < 4.78 is 37.2. The second kappa shape index (κ2) is 11.6. The molecule has 10 heteroatoms. The molecule has 0 fully saturated rings. The molecular formula is C16H42O6Si4. The van der Waals surface area contributed by atoms with Crippen molar-refractivity contribution < 1.29 is 26.6 Å². The lowest BCUT2D eigenvalue weighted by Gasteiger charge is -2.44. The number of rotatable bonds is 15. The van der Waals surface area contributed by atoms with E-state index in [9.17, 15) is 0 Å². The van der Waals surface area contributed by atoms with E-state index in [1.807, 2.05) is 39.3 Å². The first-order valence-corrected chi connectivity index (χ1v) is 19.3. The molecule has 0 rings (SSSR count). The minimum Gasteiger partial charge on any atom is -0.394 e. The normalized spacial score (nSPS) is 14.2. The van der Waals surface area contributed by atoms with Crippen molar-refractivity contribution in [2.75, 3.05) is 19.8 Å². The average molecular weight is 443 g/mol. The molecule has 0 aliphatic rings. The van der Waals surface area contributed by atoms with Gasteiger partial charge in [0.05, 0.1) is 0 Å². The summed E-state index contributed by atoms with van der Waals surface area (Å²) in [7, 11) is -6.68. The molecule has 26 heavy (non-hydrogen) atoms. The van der Waals surface area contributed by atoms with E-state index >= 15 is 0 Å². The summed E-state index contributed by atoms with van der Waals surface area (Å²) >= 11 is 0. The van der Waals surface area contributed by atoms with E-state index in [1.165, 1.54) is 0 Å². The van der Waals surface area contributed by atoms with Gasteiger partial charge >= 0.3 is 25.7 Å². The van der Waals surface area contributed by atoms with E-state index in [2.05, 4.69) is 20.8 Å². The van der Waals surface area contributed by atoms with Gasteiger partial charge < -0.3 is 26.6 Å². The predicted molar refractivity (Wildman–Crippen MR) is 117 cm³/mol. The van der Waals surface area contributed by atoms with Crippen LogP contribution in [0.2, 0.25) is 39.3 Å². The summed E-state index contributed by atoms with van der Waals surface area (Å²) in [6, 6.07) is 0. The Morgan fingerprint density at radius 3 is 1.00 bits per heavy atom. The zero-order valence-corrected chi connectivity index (χ0v) is 23.7. The fraction of sp³-hybridized carbons (Fsp3) is 1.00. The van der Waals surface area contributed by atoms with E-state index in [-0.39, 0.29) is 0 Å². The smallest absolute Gasteiger partial charge is 0.335 e. The van der Waals surface area contributed by atoms with Crippen molar-refractivity contribution in [1.29, 1.82) is 0 Å². The van der Waals surface area contributed by atoms with E-state index < -0.39 is 31.3 Å². The molecule has 0 spiro atoms. The molecule has 6 nitrogen and oxygen atoms in total. The second-order valence-corrected chi connectivity index (χ2v) is 19.0. The number of hydrogen-bond donors (Lipinski definition) is 0. The SMILES string of the molecule is CCCO[Si](C)(C)OC([SiH3])(O[Si](C)(C)OCCC)O[Si](C)(C)OCCC. The third kappa shape index (κ3) is 12.2. The maximum Gasteiger partial charge on any atom is 0.335 e. The topological polar surface area (TPSA) is 55.4 Å². The molecule has 0 aromatic rings. The lowest BCUT2D eigenvalue weighted by molar-refractivity contribution is -0.225. The molecule has 0 amide bonds. The first-order valence-electron chi connectivity index (χ1n) is 9.82. The van der Waals surface area contributed by atoms with Gasteiger partial charge in [-0.15, -0.1) is 0 Å². The van der Waals surface area contributed by atoms with Gasteiger partial charge in [0.15, 0.2) is 0 Å². The van der Waals surface area contributed by atoms with Gasteiger partial charge in [0, 0.05) is 19.8 Å². The van der Waals surface area contributed by atoms with Crippen LogP contribution >= 0.6 is 0 Å². The molecule has 0 bridgehead atoms. The Labute approximate surface area is 167 Å². The molecular weight excluding hydrogens is 401 g/mol. The van der Waals surface area contributed by atoms with Crippen LogP contribution in [0.4, 0.5) is 0 Å². The van der Waals surface area contributed by atoms with Crippen LogP contribution in [-0.2, 0) is 26.6 Å². The third-order valence-electron chi connectivity index (χ3n) is 3.25. The van der Waals surface area contributed by atoms with E-state index in [0.29, 0.717) is 30.1 Å². The minimum absolute atomic E-state index is 0.534. The quantitative estimate of drug-likeness (QED) is 0.286. The molecule has 0 saturated carbocycles. The van der Waals surface area contributed by atoms with Gasteiger partial charge in [-0.2, -0.15) is 0 Å². The Bertz CT molecular complexity index is 338. The highest BCUT2D eigenvalue weighted by Gasteiger charge is 2.47. The molecule has 0 aliphatic carbocycles. The van der Waals surface area contributed by atoms with Crippen molar-refractivity contribution in [3.8, 4) is 0 Å². The molecule has 0 saturated heterocycles. The van der Waals surface area contributed by atoms with Crippen molar-refractivity contribution in [2.24, 2.45) is 0 Å². The molecule has 0 heterocycles. The third-order valence-corrected chi connectivity index (χ3v) is 10.4. The van der Waals surface area contributed by atoms with Crippen LogP contribution in [0.3, 0.4) is 0 Å². The standard InChI is InChI=1S/C16H42O6Si4/c1-10-13-17-24(4,5)20-16(23,21-25(6,7)18-14-11-2)22-26(8,9)19-15-12-3/h10-15H2,1-9,23H3. The van der Waals surface area contributed by atoms with Gasteiger partial charge in [-0.05, 0) is 58.5 Å². The van der Waals surface area contributed by atoms with Crippen molar-refractivity contribution >= 4 is 35.9 Å². The van der Waals surface area contributed by atoms with Gasteiger partial charge in [-0.3, -0.25) is 0 Å². The summed E-state index contributed by atoms with van der Waals surface area (Å²) in [5, 5.41) is 0. The van der Waals surface area contributed by atoms with Crippen LogP contribution in [0.15, 0.2) is 0 Å². The summed E-state index contributed by atoms with van der Waals surface area (Å²) in [5.74, 6) is 0. The van der Waals surface area contributed by atoms with Gasteiger partial charge in [0.2, 0.25) is 5.60 Å². The highest BCUT2D eigenvalue weighted by molar-refractivity contribution is 6.68. The van der Waals surface area contributed by atoms with Crippen molar-refractivity contribution in [2.45, 2.75) is 84.9 Å². The zero-order valence-electron chi connectivity index (χ0n) is 18.7. The van der Waals surface area contributed by atoms with E-state index in [4.69, 9.17) is 26.6 Å². The first-order chi connectivity index (χ1) is 11.8. The highest BCUT2D eigenvalue weighted by Crippen LogP contribution is 2.28. The summed E-state index contributed by atoms with van der Waals surface area (Å²) in [6.45, 7) is 20.5. The van der Waals surface area contributed by atoms with Gasteiger partial charge in [-0.1, -0.05) is 20.8 Å². The van der Waals surface area contributed by atoms with Crippen LogP contribution in [-0.4, -0.2) is 61.3 Å². The van der Waals surface area contributed by atoms with Crippen molar-refractivity contribution in [1.82, 2.24) is 0 Å². The van der Waals surface area contributed by atoms with Crippen LogP contribution in [0, 0.1) is 0 Å². The zero-order chi connectivity index (χ0) is 20.5. The minimum atomic E-state index is -2.40. The van der Waals surface area contributed by atoms with Crippen LogP contribution < -0.4 is 0 Å².